The van der Waals surface area contributed by atoms with Crippen LogP contribution in [0.25, 0.3) is 0 Å². The van der Waals surface area contributed by atoms with Gasteiger partial charge in [0.05, 0.1) is 18.2 Å². The predicted molar refractivity (Wildman–Crippen MR) is 74.3 cm³/mol. The molecule has 0 unspecified atom stereocenters. The minimum atomic E-state index is 0.00660. The zero-order valence-electron chi connectivity index (χ0n) is 10.8. The Balaban J connectivity index is 3.94. The Bertz CT molecular complexity index is 258. The summed E-state index contributed by atoms with van der Waals surface area (Å²) >= 11 is 4.75. The van der Waals surface area contributed by atoms with Crippen molar-refractivity contribution in [3.05, 3.63) is 0 Å². The number of hydrogen-bond acceptors (Lipinski definition) is 5. The van der Waals surface area contributed by atoms with E-state index in [0.29, 0.717) is 44.0 Å². The molecule has 6 nitrogen and oxygen atoms in total. The average molecular weight is 277 g/mol. The molecule has 0 radical (unpaired) electrons. The number of thiocarbonyl (C=S) groups is 1. The number of aliphatic hydroxyl groups excluding tert-OH is 2. The minimum Gasteiger partial charge on any atom is -0.395 e. The first kappa shape index (κ1) is 17.2. The van der Waals surface area contributed by atoms with Crippen LogP contribution in [-0.4, -0.2) is 77.3 Å². The second-order valence-electron chi connectivity index (χ2n) is 4.07. The fraction of sp³-hybridized carbons (Fsp3) is 0.818. The van der Waals surface area contributed by atoms with Gasteiger partial charge in [-0.3, -0.25) is 9.69 Å². The quantitative estimate of drug-likeness (QED) is 0.435. The van der Waals surface area contributed by atoms with E-state index in [1.807, 2.05) is 4.90 Å². The van der Waals surface area contributed by atoms with E-state index in [0.717, 1.165) is 0 Å². The van der Waals surface area contributed by atoms with Crippen LogP contribution in [0.4, 0.5) is 0 Å². The van der Waals surface area contributed by atoms with Crippen LogP contribution in [0, 0.1) is 0 Å². The number of aliphatic hydroxyl groups is 2. The van der Waals surface area contributed by atoms with Crippen molar-refractivity contribution >= 4 is 23.1 Å². The largest absolute Gasteiger partial charge is 0.395 e. The molecule has 0 saturated heterocycles. The molecule has 0 aromatic carbocycles. The Kier molecular flexibility index (Phi) is 9.76. The number of hydrogen-bond donors (Lipinski definition) is 3. The third-order valence-corrected chi connectivity index (χ3v) is 2.80. The maximum absolute atomic E-state index is 11.8. The molecule has 0 spiro atoms. The van der Waals surface area contributed by atoms with Crippen molar-refractivity contribution in [3.8, 4) is 0 Å². The zero-order chi connectivity index (χ0) is 14.0. The van der Waals surface area contributed by atoms with E-state index in [-0.39, 0.29) is 19.1 Å². The number of nitrogens with two attached hydrogens (primary N) is 1. The lowest BCUT2D eigenvalue weighted by Crippen LogP contribution is -2.36. The zero-order valence-corrected chi connectivity index (χ0v) is 11.7. The first-order chi connectivity index (χ1) is 8.51. The van der Waals surface area contributed by atoms with Gasteiger partial charge in [0.2, 0.25) is 5.91 Å². The van der Waals surface area contributed by atoms with Crippen molar-refractivity contribution in [2.75, 3.05) is 46.4 Å². The minimum absolute atomic E-state index is 0.00660. The molecule has 0 atom stereocenters. The summed E-state index contributed by atoms with van der Waals surface area (Å²) in [5.74, 6) is 0.00660. The third-order valence-electron chi connectivity index (χ3n) is 2.59. The van der Waals surface area contributed by atoms with Crippen molar-refractivity contribution in [3.63, 3.8) is 0 Å². The standard InChI is InChI=1S/C11H23N3O3S/c1-13(4-2-10(12)18)11(17)3-5-14(6-8-15)7-9-16/h15-16H,2-9H2,1H3,(H2,12,18). The Morgan fingerprint density at radius 2 is 1.67 bits per heavy atom. The summed E-state index contributed by atoms with van der Waals surface area (Å²) in [6.45, 7) is 2.01. The number of nitrogens with zero attached hydrogens (tertiary/aromatic N) is 2. The molecular weight excluding hydrogens is 254 g/mol. The maximum Gasteiger partial charge on any atom is 0.223 e. The molecule has 7 heteroatoms. The second-order valence-corrected chi connectivity index (χ2v) is 4.59. The van der Waals surface area contributed by atoms with E-state index in [4.69, 9.17) is 28.2 Å². The maximum atomic E-state index is 11.8. The van der Waals surface area contributed by atoms with Gasteiger partial charge in [-0.25, -0.2) is 0 Å². The smallest absolute Gasteiger partial charge is 0.223 e. The van der Waals surface area contributed by atoms with Crippen molar-refractivity contribution in [1.82, 2.24) is 9.80 Å². The molecule has 0 fully saturated rings. The van der Waals surface area contributed by atoms with E-state index in [1.54, 1.807) is 11.9 Å². The molecule has 0 saturated carbocycles. The lowest BCUT2D eigenvalue weighted by atomic mass is 10.3. The monoisotopic (exact) mass is 277 g/mol. The molecule has 0 aliphatic carbocycles. The summed E-state index contributed by atoms with van der Waals surface area (Å²) in [5, 5.41) is 17.7. The molecule has 106 valence electrons. The van der Waals surface area contributed by atoms with E-state index in [2.05, 4.69) is 0 Å². The summed E-state index contributed by atoms with van der Waals surface area (Å²) in [6, 6.07) is 0. The molecule has 0 aromatic heterocycles. The first-order valence-corrected chi connectivity index (χ1v) is 6.38. The molecular formula is C11H23N3O3S. The van der Waals surface area contributed by atoms with Gasteiger partial charge in [0, 0.05) is 46.1 Å². The van der Waals surface area contributed by atoms with Crippen LogP contribution >= 0.6 is 12.2 Å². The molecule has 18 heavy (non-hydrogen) atoms. The SMILES string of the molecule is CN(CCC(N)=S)C(=O)CCN(CCO)CCO. The van der Waals surface area contributed by atoms with Crippen LogP contribution in [0.2, 0.25) is 0 Å². The summed E-state index contributed by atoms with van der Waals surface area (Å²) in [5.41, 5.74) is 5.37. The van der Waals surface area contributed by atoms with Crippen LogP contribution in [0.5, 0.6) is 0 Å². The van der Waals surface area contributed by atoms with Crippen molar-refractivity contribution < 1.29 is 15.0 Å². The molecule has 0 aromatic rings. The average Bonchev–Trinajstić information content (AvgIpc) is 2.33. The topological polar surface area (TPSA) is 90.0 Å². The van der Waals surface area contributed by atoms with Gasteiger partial charge >= 0.3 is 0 Å². The van der Waals surface area contributed by atoms with Gasteiger partial charge in [0.25, 0.3) is 0 Å². The fourth-order valence-electron chi connectivity index (χ4n) is 1.47. The molecule has 0 rings (SSSR count). The number of carbonyl (C=O) groups excluding carboxylic acids is 1. The lowest BCUT2D eigenvalue weighted by Gasteiger charge is -2.22. The van der Waals surface area contributed by atoms with Gasteiger partial charge in [-0.2, -0.15) is 0 Å². The van der Waals surface area contributed by atoms with Gasteiger partial charge in [-0.15, -0.1) is 0 Å². The highest BCUT2D eigenvalue weighted by molar-refractivity contribution is 7.80. The van der Waals surface area contributed by atoms with E-state index in [9.17, 15) is 4.79 Å². The van der Waals surface area contributed by atoms with Gasteiger partial charge < -0.3 is 20.8 Å². The molecule has 0 aliphatic rings. The molecule has 4 N–H and O–H groups in total. The number of rotatable bonds is 10. The lowest BCUT2D eigenvalue weighted by molar-refractivity contribution is -0.130. The van der Waals surface area contributed by atoms with Crippen LogP contribution in [0.3, 0.4) is 0 Å². The molecule has 1 amide bonds. The predicted octanol–water partition coefficient (Wildman–Crippen LogP) is -1.20. The third kappa shape index (κ3) is 8.35. The number of carbonyl (C=O) groups is 1. The molecule has 0 aliphatic heterocycles. The van der Waals surface area contributed by atoms with Crippen LogP contribution in [0.15, 0.2) is 0 Å². The van der Waals surface area contributed by atoms with E-state index >= 15 is 0 Å². The Labute approximate surface area is 113 Å². The van der Waals surface area contributed by atoms with Crippen LogP contribution in [0.1, 0.15) is 12.8 Å². The van der Waals surface area contributed by atoms with Gasteiger partial charge in [-0.05, 0) is 0 Å². The van der Waals surface area contributed by atoms with E-state index in [1.165, 1.54) is 0 Å². The highest BCUT2D eigenvalue weighted by Crippen LogP contribution is 1.97. The van der Waals surface area contributed by atoms with Crippen molar-refractivity contribution in [2.24, 2.45) is 5.73 Å². The summed E-state index contributed by atoms with van der Waals surface area (Å²) in [7, 11) is 1.71. The van der Waals surface area contributed by atoms with E-state index < -0.39 is 0 Å². The highest BCUT2D eigenvalue weighted by Gasteiger charge is 2.11. The van der Waals surface area contributed by atoms with Crippen molar-refractivity contribution in [1.29, 1.82) is 0 Å². The highest BCUT2D eigenvalue weighted by atomic mass is 32.1. The molecule has 0 heterocycles. The van der Waals surface area contributed by atoms with Crippen LogP contribution in [-0.2, 0) is 4.79 Å². The Hall–Kier alpha value is -0.760. The summed E-state index contributed by atoms with van der Waals surface area (Å²) in [4.78, 5) is 15.6. The van der Waals surface area contributed by atoms with Gasteiger partial charge in [0.15, 0.2) is 0 Å². The molecule has 0 bridgehead atoms. The summed E-state index contributed by atoms with van der Waals surface area (Å²) < 4.78 is 0. The number of amides is 1. The van der Waals surface area contributed by atoms with Crippen molar-refractivity contribution in [2.45, 2.75) is 12.8 Å². The van der Waals surface area contributed by atoms with Crippen LogP contribution < -0.4 is 5.73 Å². The summed E-state index contributed by atoms with van der Waals surface area (Å²) in [6.07, 6.45) is 0.877. The fourth-order valence-corrected chi connectivity index (χ4v) is 1.56. The first-order valence-electron chi connectivity index (χ1n) is 5.97. The van der Waals surface area contributed by atoms with Gasteiger partial charge in [0.1, 0.15) is 0 Å². The Morgan fingerprint density at radius 1 is 1.11 bits per heavy atom. The van der Waals surface area contributed by atoms with Gasteiger partial charge in [-0.1, -0.05) is 12.2 Å². The Morgan fingerprint density at radius 3 is 2.11 bits per heavy atom. The second kappa shape index (κ2) is 10.2. The normalized spacial score (nSPS) is 10.7.